The van der Waals surface area contributed by atoms with Crippen molar-refractivity contribution in [1.82, 2.24) is 15.2 Å². The van der Waals surface area contributed by atoms with Gasteiger partial charge in [0.2, 0.25) is 10.0 Å². The van der Waals surface area contributed by atoms with Gasteiger partial charge in [0, 0.05) is 17.0 Å². The molecule has 10 heteroatoms. The molecular weight excluding hydrogens is 384 g/mol. The van der Waals surface area contributed by atoms with Crippen LogP contribution in [0.4, 0.5) is 5.69 Å². The van der Waals surface area contributed by atoms with Crippen LogP contribution in [-0.2, 0) is 16.4 Å². The molecule has 28 heavy (non-hydrogen) atoms. The molecule has 3 aromatic rings. The number of nitrogens with zero attached hydrogens (tertiary/aromatic N) is 2. The molecule has 1 heterocycles. The summed E-state index contributed by atoms with van der Waals surface area (Å²) in [4.78, 5) is 28.7. The van der Waals surface area contributed by atoms with Crippen LogP contribution in [0.1, 0.15) is 16.1 Å². The van der Waals surface area contributed by atoms with Crippen molar-refractivity contribution in [3.63, 3.8) is 0 Å². The van der Waals surface area contributed by atoms with Crippen LogP contribution in [0.25, 0.3) is 10.9 Å². The quantitative estimate of drug-likeness (QED) is 0.460. The fourth-order valence-corrected chi connectivity index (χ4v) is 3.42. The molecule has 0 aliphatic carbocycles. The van der Waals surface area contributed by atoms with E-state index in [0.717, 1.165) is 5.39 Å². The molecular formula is C18H16N4O5S. The second-order valence-corrected chi connectivity index (χ2v) is 7.74. The number of benzene rings is 2. The van der Waals surface area contributed by atoms with E-state index < -0.39 is 26.6 Å². The fourth-order valence-electron chi connectivity index (χ4n) is 2.58. The molecule has 2 aromatic carbocycles. The highest BCUT2D eigenvalue weighted by atomic mass is 32.2. The Labute approximate surface area is 160 Å². The van der Waals surface area contributed by atoms with Crippen molar-refractivity contribution in [3.8, 4) is 0 Å². The van der Waals surface area contributed by atoms with Crippen molar-refractivity contribution in [2.75, 3.05) is 5.75 Å². The number of para-hydroxylation sites is 2. The van der Waals surface area contributed by atoms with E-state index in [2.05, 4.69) is 10.4 Å². The van der Waals surface area contributed by atoms with Crippen LogP contribution in [0.15, 0.2) is 60.7 Å². The minimum absolute atomic E-state index is 0.0556. The number of aryl methyl sites for hydroxylation is 1. The van der Waals surface area contributed by atoms with Crippen LogP contribution >= 0.6 is 0 Å². The van der Waals surface area contributed by atoms with E-state index in [9.17, 15) is 23.3 Å². The first-order chi connectivity index (χ1) is 13.4. The van der Waals surface area contributed by atoms with Crippen molar-refractivity contribution in [3.05, 3.63) is 82.0 Å². The monoisotopic (exact) mass is 400 g/mol. The Morgan fingerprint density at radius 3 is 2.54 bits per heavy atom. The molecule has 0 spiro atoms. The van der Waals surface area contributed by atoms with Gasteiger partial charge in [-0.15, -0.1) is 4.83 Å². The molecule has 0 unspecified atom stereocenters. The number of hydrazine groups is 1. The topological polar surface area (TPSA) is 131 Å². The smallest absolute Gasteiger partial charge is 0.272 e. The van der Waals surface area contributed by atoms with E-state index in [1.165, 1.54) is 24.3 Å². The lowest BCUT2D eigenvalue weighted by atomic mass is 10.1. The summed E-state index contributed by atoms with van der Waals surface area (Å²) in [5.74, 6) is -1.14. The number of carbonyl (C=O) groups is 1. The zero-order valence-corrected chi connectivity index (χ0v) is 15.3. The predicted octanol–water partition coefficient (Wildman–Crippen LogP) is 1.95. The number of hydrogen-bond donors (Lipinski definition) is 2. The number of hydrogen-bond acceptors (Lipinski definition) is 6. The first-order valence-electron chi connectivity index (χ1n) is 8.24. The molecule has 9 nitrogen and oxygen atoms in total. The summed E-state index contributed by atoms with van der Waals surface area (Å²) >= 11 is 0. The standard InChI is InChI=1S/C18H16N4O5S/c23-18(16-10-9-13-5-1-3-7-15(13)19-16)20-21-28(26,27)12-11-14-6-2-4-8-17(14)22(24)25/h1-10,21H,11-12H2,(H,20,23). The van der Waals surface area contributed by atoms with Crippen LogP contribution < -0.4 is 10.3 Å². The van der Waals surface area contributed by atoms with Crippen molar-refractivity contribution in [1.29, 1.82) is 0 Å². The Hall–Kier alpha value is -3.37. The summed E-state index contributed by atoms with van der Waals surface area (Å²) in [6.07, 6.45) is -0.0728. The van der Waals surface area contributed by atoms with Crippen LogP contribution in [0.5, 0.6) is 0 Å². The summed E-state index contributed by atoms with van der Waals surface area (Å²) < 4.78 is 24.2. The van der Waals surface area contributed by atoms with Crippen molar-refractivity contribution >= 4 is 32.5 Å². The van der Waals surface area contributed by atoms with E-state index in [0.29, 0.717) is 11.1 Å². The van der Waals surface area contributed by atoms with Gasteiger partial charge in [0.25, 0.3) is 11.6 Å². The lowest BCUT2D eigenvalue weighted by Crippen LogP contribution is -2.43. The lowest BCUT2D eigenvalue weighted by Gasteiger charge is -2.09. The van der Waals surface area contributed by atoms with Gasteiger partial charge in [-0.05, 0) is 18.6 Å². The molecule has 0 saturated heterocycles. The van der Waals surface area contributed by atoms with Gasteiger partial charge in [0.15, 0.2) is 0 Å². The molecule has 0 fully saturated rings. The number of pyridine rings is 1. The SMILES string of the molecule is O=C(NNS(=O)(=O)CCc1ccccc1[N+](=O)[O-])c1ccc2ccccc2n1. The molecule has 2 N–H and O–H groups in total. The van der Waals surface area contributed by atoms with E-state index in [4.69, 9.17) is 0 Å². The number of nitro groups is 1. The Balaban J connectivity index is 1.62. The molecule has 0 aliphatic rings. The second kappa shape index (κ2) is 8.11. The number of carbonyl (C=O) groups excluding carboxylic acids is 1. The Morgan fingerprint density at radius 2 is 1.75 bits per heavy atom. The summed E-state index contributed by atoms with van der Waals surface area (Å²) in [5, 5.41) is 11.8. The van der Waals surface area contributed by atoms with Gasteiger partial charge in [-0.2, -0.15) is 0 Å². The maximum Gasteiger partial charge on any atom is 0.284 e. The summed E-state index contributed by atoms with van der Waals surface area (Å²) in [7, 11) is -3.90. The van der Waals surface area contributed by atoms with E-state index in [-0.39, 0.29) is 17.8 Å². The number of nitrogens with one attached hydrogen (secondary N) is 2. The van der Waals surface area contributed by atoms with Crippen LogP contribution in [0, 0.1) is 10.1 Å². The van der Waals surface area contributed by atoms with E-state index in [1.807, 2.05) is 17.0 Å². The van der Waals surface area contributed by atoms with E-state index >= 15 is 0 Å². The molecule has 1 aromatic heterocycles. The number of nitro benzene ring substituents is 1. The summed E-state index contributed by atoms with van der Waals surface area (Å²) in [6.45, 7) is 0. The molecule has 0 radical (unpaired) electrons. The average Bonchev–Trinajstić information content (AvgIpc) is 2.70. The van der Waals surface area contributed by atoms with Crippen molar-refractivity contribution < 1.29 is 18.1 Å². The van der Waals surface area contributed by atoms with E-state index in [1.54, 1.807) is 24.3 Å². The molecule has 144 valence electrons. The third-order valence-electron chi connectivity index (χ3n) is 3.98. The van der Waals surface area contributed by atoms with Gasteiger partial charge in [-0.1, -0.05) is 42.5 Å². The Bertz CT molecular complexity index is 1150. The fraction of sp³-hybridized carbons (Fsp3) is 0.111. The van der Waals surface area contributed by atoms with Crippen molar-refractivity contribution in [2.24, 2.45) is 0 Å². The number of fused-ring (bicyclic) bond motifs is 1. The van der Waals surface area contributed by atoms with Gasteiger partial charge in [-0.25, -0.2) is 13.4 Å². The first kappa shape index (κ1) is 19.4. The molecule has 0 bridgehead atoms. The molecule has 0 aliphatic heterocycles. The van der Waals surface area contributed by atoms with Crippen molar-refractivity contribution in [2.45, 2.75) is 6.42 Å². The summed E-state index contributed by atoms with van der Waals surface area (Å²) in [5.41, 5.74) is 2.91. The molecule has 3 rings (SSSR count). The zero-order chi connectivity index (χ0) is 20.1. The minimum atomic E-state index is -3.90. The largest absolute Gasteiger partial charge is 0.284 e. The normalized spacial score (nSPS) is 11.3. The highest BCUT2D eigenvalue weighted by Gasteiger charge is 2.18. The third kappa shape index (κ3) is 4.67. The Kier molecular flexibility index (Phi) is 5.62. The maximum atomic E-state index is 12.2. The number of rotatable bonds is 7. The van der Waals surface area contributed by atoms with Gasteiger partial charge < -0.3 is 0 Å². The number of aromatic nitrogens is 1. The molecule has 0 atom stereocenters. The maximum absolute atomic E-state index is 12.2. The minimum Gasteiger partial charge on any atom is -0.272 e. The lowest BCUT2D eigenvalue weighted by molar-refractivity contribution is -0.385. The first-order valence-corrected chi connectivity index (χ1v) is 9.89. The van der Waals surface area contributed by atoms with Crippen LogP contribution in [0.3, 0.4) is 0 Å². The zero-order valence-electron chi connectivity index (χ0n) is 14.5. The van der Waals surface area contributed by atoms with Gasteiger partial charge in [0.1, 0.15) is 5.69 Å². The highest BCUT2D eigenvalue weighted by molar-refractivity contribution is 7.89. The van der Waals surface area contributed by atoms with Crippen LogP contribution in [-0.4, -0.2) is 30.0 Å². The van der Waals surface area contributed by atoms with Gasteiger partial charge in [-0.3, -0.25) is 20.3 Å². The average molecular weight is 400 g/mol. The third-order valence-corrected chi connectivity index (χ3v) is 5.13. The predicted molar refractivity (Wildman–Crippen MR) is 103 cm³/mol. The number of amides is 1. The van der Waals surface area contributed by atoms with Crippen LogP contribution in [0.2, 0.25) is 0 Å². The second-order valence-electron chi connectivity index (χ2n) is 5.90. The molecule has 0 saturated carbocycles. The highest BCUT2D eigenvalue weighted by Crippen LogP contribution is 2.18. The summed E-state index contributed by atoms with van der Waals surface area (Å²) in [6, 6.07) is 16.3. The van der Waals surface area contributed by atoms with Gasteiger partial charge in [0.05, 0.1) is 16.2 Å². The molecule has 1 amide bonds. The van der Waals surface area contributed by atoms with Gasteiger partial charge >= 0.3 is 0 Å². The Morgan fingerprint density at radius 1 is 1.04 bits per heavy atom. The number of sulfonamides is 1.